The molecule has 0 amide bonds. The molecule has 2 rings (SSSR count). The van der Waals surface area contributed by atoms with Gasteiger partial charge in [-0.1, -0.05) is 5.16 Å². The van der Waals surface area contributed by atoms with E-state index < -0.39 is 0 Å². The molecule has 0 saturated carbocycles. The van der Waals surface area contributed by atoms with Crippen molar-refractivity contribution in [2.75, 3.05) is 0 Å². The van der Waals surface area contributed by atoms with Crippen LogP contribution in [0.2, 0.25) is 0 Å². The Morgan fingerprint density at radius 1 is 1.60 bits per heavy atom. The van der Waals surface area contributed by atoms with Crippen LogP contribution < -0.4 is 5.73 Å². The molecule has 6 nitrogen and oxygen atoms in total. The van der Waals surface area contributed by atoms with Crippen molar-refractivity contribution in [3.63, 3.8) is 0 Å². The van der Waals surface area contributed by atoms with Crippen LogP contribution in [0, 0.1) is 0 Å². The normalized spacial score (nSPS) is 12.2. The van der Waals surface area contributed by atoms with E-state index in [2.05, 4.69) is 15.1 Å². The minimum atomic E-state index is 0.105. The summed E-state index contributed by atoms with van der Waals surface area (Å²) >= 11 is 0. The van der Waals surface area contributed by atoms with Crippen LogP contribution in [0.4, 0.5) is 0 Å². The fourth-order valence-corrected chi connectivity index (χ4v) is 1.38. The summed E-state index contributed by atoms with van der Waals surface area (Å²) in [7, 11) is 1.89. The first-order chi connectivity index (χ1) is 7.20. The van der Waals surface area contributed by atoms with Gasteiger partial charge in [0.2, 0.25) is 0 Å². The van der Waals surface area contributed by atoms with Crippen LogP contribution >= 0.6 is 0 Å². The maximum absolute atomic E-state index is 8.43. The maximum atomic E-state index is 8.43. The van der Waals surface area contributed by atoms with Gasteiger partial charge in [0.15, 0.2) is 5.82 Å². The summed E-state index contributed by atoms with van der Waals surface area (Å²) < 4.78 is 1.87. The van der Waals surface area contributed by atoms with Crippen LogP contribution in [-0.4, -0.2) is 25.6 Å². The zero-order valence-corrected chi connectivity index (χ0v) is 8.25. The third-order valence-electron chi connectivity index (χ3n) is 2.08. The van der Waals surface area contributed by atoms with Crippen molar-refractivity contribution in [3.05, 3.63) is 24.2 Å². The lowest BCUT2D eigenvalue weighted by molar-refractivity contribution is 0.317. The number of oxime groups is 1. The number of pyridine rings is 1. The summed E-state index contributed by atoms with van der Waals surface area (Å²) in [6, 6.07) is 3.77. The van der Waals surface area contributed by atoms with Crippen molar-refractivity contribution in [1.82, 2.24) is 14.5 Å². The van der Waals surface area contributed by atoms with Gasteiger partial charge in [-0.2, -0.15) is 0 Å². The number of hydrogen-bond donors (Lipinski definition) is 2. The molecule has 78 valence electrons. The number of aromatic nitrogens is 3. The summed E-state index contributed by atoms with van der Waals surface area (Å²) in [5.74, 6) is 1.45. The summed E-state index contributed by atoms with van der Waals surface area (Å²) in [5.41, 5.74) is 6.18. The zero-order valence-electron chi connectivity index (χ0n) is 8.25. The van der Waals surface area contributed by atoms with Gasteiger partial charge in [0.1, 0.15) is 17.4 Å². The smallest absolute Gasteiger partial charge is 0.160 e. The second-order valence-corrected chi connectivity index (χ2v) is 3.24. The lowest BCUT2D eigenvalue weighted by atomic mass is 10.3. The standard InChI is InChI=1S/C9H11N5O/c1-14-4-2-3-6-9(14)12-8(11-6)5-7(10)13-15/h2-4,15H,5H2,1H3,(H2,10,13). The van der Waals surface area contributed by atoms with Crippen LogP contribution in [0.15, 0.2) is 23.5 Å². The van der Waals surface area contributed by atoms with Crippen molar-refractivity contribution >= 4 is 5.84 Å². The Balaban J connectivity index is 2.40. The molecule has 0 bridgehead atoms. The predicted molar refractivity (Wildman–Crippen MR) is 54.7 cm³/mol. The van der Waals surface area contributed by atoms with E-state index >= 15 is 0 Å². The van der Waals surface area contributed by atoms with Gasteiger partial charge >= 0.3 is 0 Å². The average Bonchev–Trinajstić information content (AvgIpc) is 2.62. The maximum Gasteiger partial charge on any atom is 0.160 e. The van der Waals surface area contributed by atoms with Gasteiger partial charge in [-0.05, 0) is 12.1 Å². The molecule has 0 aromatic rings. The third kappa shape index (κ3) is 1.74. The fraction of sp³-hybridized carbons (Fsp3) is 0.222. The number of nitrogens with two attached hydrogens (primary N) is 1. The Hall–Kier alpha value is -2.11. The van der Waals surface area contributed by atoms with Crippen molar-refractivity contribution in [3.8, 4) is 11.5 Å². The molecule has 0 fully saturated rings. The molecular formula is C9H11N5O. The molecule has 0 atom stereocenters. The van der Waals surface area contributed by atoms with E-state index in [1.807, 2.05) is 29.9 Å². The van der Waals surface area contributed by atoms with Crippen LogP contribution in [0.1, 0.15) is 5.82 Å². The fourth-order valence-electron chi connectivity index (χ4n) is 1.38. The Kier molecular flexibility index (Phi) is 2.24. The molecule has 0 aromatic carbocycles. The molecular weight excluding hydrogens is 194 g/mol. The van der Waals surface area contributed by atoms with E-state index in [9.17, 15) is 0 Å². The summed E-state index contributed by atoms with van der Waals surface area (Å²) in [5, 5.41) is 11.3. The van der Waals surface area contributed by atoms with Gasteiger partial charge in [0, 0.05) is 13.2 Å². The molecule has 0 saturated heterocycles. The van der Waals surface area contributed by atoms with Gasteiger partial charge in [-0.25, -0.2) is 9.97 Å². The zero-order chi connectivity index (χ0) is 10.8. The highest BCUT2D eigenvalue weighted by Gasteiger charge is 2.12. The van der Waals surface area contributed by atoms with Crippen LogP contribution in [0.3, 0.4) is 0 Å². The van der Waals surface area contributed by atoms with Gasteiger partial charge in [-0.3, -0.25) is 0 Å². The number of fused-ring (bicyclic) bond motifs is 1. The molecule has 0 spiro atoms. The third-order valence-corrected chi connectivity index (χ3v) is 2.08. The Morgan fingerprint density at radius 3 is 3.07 bits per heavy atom. The Morgan fingerprint density at radius 2 is 2.40 bits per heavy atom. The van der Waals surface area contributed by atoms with E-state index in [0.717, 1.165) is 11.5 Å². The lowest BCUT2D eigenvalue weighted by Gasteiger charge is -2.01. The first-order valence-electron chi connectivity index (χ1n) is 4.45. The molecule has 6 heteroatoms. The van der Waals surface area contributed by atoms with E-state index in [0.29, 0.717) is 5.82 Å². The van der Waals surface area contributed by atoms with Crippen LogP contribution in [-0.2, 0) is 13.5 Å². The first-order valence-corrected chi connectivity index (χ1v) is 4.45. The molecule has 3 N–H and O–H groups in total. The highest BCUT2D eigenvalue weighted by molar-refractivity contribution is 5.81. The summed E-state index contributed by atoms with van der Waals surface area (Å²) in [6.07, 6.45) is 2.15. The molecule has 0 radical (unpaired) electrons. The van der Waals surface area contributed by atoms with E-state index in [-0.39, 0.29) is 12.3 Å². The molecule has 2 aliphatic rings. The van der Waals surface area contributed by atoms with Crippen molar-refractivity contribution in [2.45, 2.75) is 6.42 Å². The summed E-state index contributed by atoms with van der Waals surface area (Å²) in [6.45, 7) is 0. The Labute approximate surface area is 86.4 Å². The minimum absolute atomic E-state index is 0.105. The van der Waals surface area contributed by atoms with Crippen LogP contribution in [0.25, 0.3) is 11.5 Å². The molecule has 2 heterocycles. The highest BCUT2D eigenvalue weighted by Crippen LogP contribution is 2.17. The number of imidazole rings is 1. The number of hydrogen-bond acceptors (Lipinski definition) is 4. The van der Waals surface area contributed by atoms with Gasteiger partial charge in [0.25, 0.3) is 0 Å². The molecule has 0 aliphatic carbocycles. The average molecular weight is 205 g/mol. The van der Waals surface area contributed by atoms with Crippen molar-refractivity contribution in [2.24, 2.45) is 17.9 Å². The van der Waals surface area contributed by atoms with Crippen LogP contribution in [0.5, 0.6) is 0 Å². The second-order valence-electron chi connectivity index (χ2n) is 3.24. The number of nitrogens with zero attached hydrogens (tertiary/aromatic N) is 4. The predicted octanol–water partition coefficient (Wildman–Crippen LogP) is 0.209. The number of aryl methyl sites for hydroxylation is 1. The second kappa shape index (κ2) is 3.56. The molecule has 2 aliphatic heterocycles. The minimum Gasteiger partial charge on any atom is -0.409 e. The molecule has 0 unspecified atom stereocenters. The van der Waals surface area contributed by atoms with Crippen molar-refractivity contribution < 1.29 is 5.21 Å². The van der Waals surface area contributed by atoms with E-state index in [1.165, 1.54) is 0 Å². The quantitative estimate of drug-likeness (QED) is 0.317. The van der Waals surface area contributed by atoms with E-state index in [4.69, 9.17) is 10.9 Å². The lowest BCUT2D eigenvalue weighted by Crippen LogP contribution is -2.15. The first kappa shape index (κ1) is 9.45. The van der Waals surface area contributed by atoms with Gasteiger partial charge in [0.05, 0.1) is 6.42 Å². The highest BCUT2D eigenvalue weighted by atomic mass is 16.4. The number of rotatable bonds is 2. The summed E-state index contributed by atoms with van der Waals surface area (Å²) in [4.78, 5) is 8.54. The van der Waals surface area contributed by atoms with Gasteiger partial charge in [-0.15, -0.1) is 0 Å². The monoisotopic (exact) mass is 205 g/mol. The van der Waals surface area contributed by atoms with Crippen molar-refractivity contribution in [1.29, 1.82) is 0 Å². The van der Waals surface area contributed by atoms with E-state index in [1.54, 1.807) is 0 Å². The van der Waals surface area contributed by atoms with Gasteiger partial charge < -0.3 is 15.5 Å². The molecule has 15 heavy (non-hydrogen) atoms. The largest absolute Gasteiger partial charge is 0.409 e. The SMILES string of the molecule is Cn1cccc2nc(C/C(N)=N/O)nc1-2. The topological polar surface area (TPSA) is 89.3 Å². The Bertz CT molecular complexity index is 476. The molecule has 0 aromatic heterocycles. The number of amidine groups is 1.